The van der Waals surface area contributed by atoms with Crippen molar-refractivity contribution in [3.05, 3.63) is 0 Å². The Labute approximate surface area is 66.5 Å². The summed E-state index contributed by atoms with van der Waals surface area (Å²) in [5.41, 5.74) is 0. The Morgan fingerprint density at radius 3 is 2.90 bits per heavy atom. The third-order valence-corrected chi connectivity index (χ3v) is 2.37. The van der Waals surface area contributed by atoms with E-state index in [0.29, 0.717) is 13.2 Å². The molecule has 1 fully saturated rings. The largest absolute Gasteiger partial charge is 0.349 e. The number of rotatable bonds is 2. The average Bonchev–Trinajstić information content (AvgIpc) is 2.15. The lowest BCUT2D eigenvalue weighted by Gasteiger charge is -2.25. The summed E-state index contributed by atoms with van der Waals surface area (Å²) in [6.07, 6.45) is 0.887. The van der Waals surface area contributed by atoms with Crippen LogP contribution in [0.25, 0.3) is 0 Å². The van der Waals surface area contributed by atoms with Crippen LogP contribution in [0.1, 0.15) is 20.3 Å². The molecule has 2 nitrogen and oxygen atoms in total. The van der Waals surface area contributed by atoms with Crippen LogP contribution in [0, 0.1) is 0 Å². The molecular weight excluding hydrogens is 152 g/mol. The average molecular weight is 165 g/mol. The fourth-order valence-corrected chi connectivity index (χ4v) is 1.35. The molecule has 60 valence electrons. The van der Waals surface area contributed by atoms with Crippen molar-refractivity contribution in [2.24, 2.45) is 0 Å². The van der Waals surface area contributed by atoms with E-state index in [-0.39, 0.29) is 5.38 Å². The molecule has 1 aliphatic heterocycles. The third-order valence-electron chi connectivity index (χ3n) is 1.76. The molecule has 0 saturated carbocycles. The number of alkyl halides is 1. The lowest BCUT2D eigenvalue weighted by Crippen LogP contribution is -2.35. The highest BCUT2D eigenvalue weighted by atomic mass is 35.5. The minimum absolute atomic E-state index is 0.00690. The summed E-state index contributed by atoms with van der Waals surface area (Å²) < 4.78 is 10.7. The number of hydrogen-bond donors (Lipinski definition) is 0. The summed E-state index contributed by atoms with van der Waals surface area (Å²) >= 11 is 5.95. The van der Waals surface area contributed by atoms with Crippen LogP contribution in [-0.4, -0.2) is 24.4 Å². The minimum Gasteiger partial charge on any atom is -0.349 e. The standard InChI is InChI=1S/C7H13ClO2/c1-3-9-7(2)6(8)4-5-10-7/h6H,3-5H2,1-2H3. The van der Waals surface area contributed by atoms with Gasteiger partial charge in [-0.2, -0.15) is 0 Å². The van der Waals surface area contributed by atoms with Gasteiger partial charge in [0.25, 0.3) is 0 Å². The maximum Gasteiger partial charge on any atom is 0.181 e. The molecule has 0 bridgehead atoms. The molecule has 2 atom stereocenters. The Morgan fingerprint density at radius 1 is 1.80 bits per heavy atom. The smallest absolute Gasteiger partial charge is 0.181 e. The van der Waals surface area contributed by atoms with Gasteiger partial charge in [0.15, 0.2) is 5.79 Å². The first-order valence-corrected chi connectivity index (χ1v) is 4.04. The third kappa shape index (κ3) is 1.44. The van der Waals surface area contributed by atoms with E-state index >= 15 is 0 Å². The predicted octanol–water partition coefficient (Wildman–Crippen LogP) is 1.77. The summed E-state index contributed by atoms with van der Waals surface area (Å²) in [4.78, 5) is 0. The Balaban J connectivity index is 2.48. The molecule has 0 aliphatic carbocycles. The number of halogens is 1. The molecule has 0 aromatic heterocycles. The zero-order valence-electron chi connectivity index (χ0n) is 6.39. The predicted molar refractivity (Wildman–Crippen MR) is 40.2 cm³/mol. The molecule has 10 heavy (non-hydrogen) atoms. The second kappa shape index (κ2) is 3.07. The maximum absolute atomic E-state index is 5.95. The van der Waals surface area contributed by atoms with Crippen LogP contribution >= 0.6 is 11.6 Å². The van der Waals surface area contributed by atoms with Crippen molar-refractivity contribution in [2.45, 2.75) is 31.4 Å². The summed E-state index contributed by atoms with van der Waals surface area (Å²) in [7, 11) is 0. The van der Waals surface area contributed by atoms with E-state index < -0.39 is 5.79 Å². The van der Waals surface area contributed by atoms with E-state index in [9.17, 15) is 0 Å². The first-order chi connectivity index (χ1) is 4.69. The van der Waals surface area contributed by atoms with Crippen molar-refractivity contribution < 1.29 is 9.47 Å². The Hall–Kier alpha value is 0.210. The molecule has 0 aromatic rings. The van der Waals surface area contributed by atoms with E-state index in [1.807, 2.05) is 13.8 Å². The molecule has 3 heteroatoms. The van der Waals surface area contributed by atoms with Crippen LogP contribution in [0.5, 0.6) is 0 Å². The quantitative estimate of drug-likeness (QED) is 0.580. The van der Waals surface area contributed by atoms with E-state index in [0.717, 1.165) is 6.42 Å². The minimum atomic E-state index is -0.531. The van der Waals surface area contributed by atoms with Crippen LogP contribution in [0.3, 0.4) is 0 Å². The van der Waals surface area contributed by atoms with Gasteiger partial charge in [0.1, 0.15) is 0 Å². The van der Waals surface area contributed by atoms with Gasteiger partial charge in [-0.3, -0.25) is 0 Å². The Morgan fingerprint density at radius 2 is 2.50 bits per heavy atom. The Bertz CT molecular complexity index is 118. The van der Waals surface area contributed by atoms with Gasteiger partial charge in [-0.1, -0.05) is 0 Å². The van der Waals surface area contributed by atoms with Crippen molar-refractivity contribution in [1.29, 1.82) is 0 Å². The molecule has 0 amide bonds. The summed E-state index contributed by atoms with van der Waals surface area (Å²) in [6, 6.07) is 0. The molecule has 1 saturated heterocycles. The van der Waals surface area contributed by atoms with Crippen LogP contribution in [0.15, 0.2) is 0 Å². The molecule has 1 rings (SSSR count). The molecule has 0 radical (unpaired) electrons. The lowest BCUT2D eigenvalue weighted by atomic mass is 10.2. The van der Waals surface area contributed by atoms with Gasteiger partial charge in [-0.15, -0.1) is 11.6 Å². The van der Waals surface area contributed by atoms with Gasteiger partial charge < -0.3 is 9.47 Å². The normalized spacial score (nSPS) is 40.5. The van der Waals surface area contributed by atoms with Crippen molar-refractivity contribution >= 4 is 11.6 Å². The monoisotopic (exact) mass is 164 g/mol. The molecule has 0 spiro atoms. The zero-order valence-corrected chi connectivity index (χ0v) is 7.15. The van der Waals surface area contributed by atoms with Crippen LogP contribution < -0.4 is 0 Å². The fourth-order valence-electron chi connectivity index (χ4n) is 1.14. The maximum atomic E-state index is 5.95. The SMILES string of the molecule is CCOC1(C)OCCC1Cl. The molecule has 0 aromatic carbocycles. The van der Waals surface area contributed by atoms with Crippen molar-refractivity contribution in [2.75, 3.05) is 13.2 Å². The second-order valence-electron chi connectivity index (χ2n) is 2.55. The molecule has 1 heterocycles. The number of hydrogen-bond acceptors (Lipinski definition) is 2. The highest BCUT2D eigenvalue weighted by Crippen LogP contribution is 2.31. The van der Waals surface area contributed by atoms with Gasteiger partial charge >= 0.3 is 0 Å². The summed E-state index contributed by atoms with van der Waals surface area (Å²) in [5.74, 6) is -0.531. The van der Waals surface area contributed by atoms with Crippen molar-refractivity contribution in [3.8, 4) is 0 Å². The molecular formula is C7H13ClO2. The molecule has 0 N–H and O–H groups in total. The van der Waals surface area contributed by atoms with E-state index in [1.165, 1.54) is 0 Å². The lowest BCUT2D eigenvalue weighted by molar-refractivity contribution is -0.191. The second-order valence-corrected chi connectivity index (χ2v) is 3.08. The van der Waals surface area contributed by atoms with Gasteiger partial charge in [-0.05, 0) is 20.3 Å². The summed E-state index contributed by atoms with van der Waals surface area (Å²) in [6.45, 7) is 5.20. The van der Waals surface area contributed by atoms with E-state index in [2.05, 4.69) is 0 Å². The number of ether oxygens (including phenoxy) is 2. The van der Waals surface area contributed by atoms with Gasteiger partial charge in [-0.25, -0.2) is 0 Å². The molecule has 2 unspecified atom stereocenters. The van der Waals surface area contributed by atoms with Crippen LogP contribution in [0.4, 0.5) is 0 Å². The highest BCUT2D eigenvalue weighted by molar-refractivity contribution is 6.21. The topological polar surface area (TPSA) is 18.5 Å². The highest BCUT2D eigenvalue weighted by Gasteiger charge is 2.39. The van der Waals surface area contributed by atoms with Gasteiger partial charge in [0, 0.05) is 6.61 Å². The molecule has 1 aliphatic rings. The van der Waals surface area contributed by atoms with Crippen molar-refractivity contribution in [1.82, 2.24) is 0 Å². The van der Waals surface area contributed by atoms with E-state index in [4.69, 9.17) is 21.1 Å². The van der Waals surface area contributed by atoms with Crippen LogP contribution in [-0.2, 0) is 9.47 Å². The van der Waals surface area contributed by atoms with E-state index in [1.54, 1.807) is 0 Å². The zero-order chi connectivity index (χ0) is 7.61. The van der Waals surface area contributed by atoms with Crippen LogP contribution in [0.2, 0.25) is 0 Å². The Kier molecular flexibility index (Phi) is 2.55. The first kappa shape index (κ1) is 8.31. The fraction of sp³-hybridized carbons (Fsp3) is 1.00. The first-order valence-electron chi connectivity index (χ1n) is 3.61. The summed E-state index contributed by atoms with van der Waals surface area (Å²) in [5, 5.41) is 0.00690. The van der Waals surface area contributed by atoms with Gasteiger partial charge in [0.05, 0.1) is 12.0 Å². The van der Waals surface area contributed by atoms with Crippen molar-refractivity contribution in [3.63, 3.8) is 0 Å². The van der Waals surface area contributed by atoms with Gasteiger partial charge in [0.2, 0.25) is 0 Å².